The fraction of sp³-hybridized carbons (Fsp3) is 0.769. The molecule has 0 spiro atoms. The Hall–Kier alpha value is -0.830. The van der Waals surface area contributed by atoms with E-state index >= 15 is 0 Å². The molecule has 0 radical (unpaired) electrons. The highest BCUT2D eigenvalue weighted by molar-refractivity contribution is 5.03. The Morgan fingerprint density at radius 1 is 1.31 bits per heavy atom. The van der Waals surface area contributed by atoms with Crippen LogP contribution in [-0.2, 0) is 6.54 Å². The number of piperidine rings is 1. The zero-order chi connectivity index (χ0) is 10.8. The molecular formula is C13H21N3. The lowest BCUT2D eigenvalue weighted by Gasteiger charge is -2.28. The molecule has 3 heteroatoms. The molecule has 2 fully saturated rings. The summed E-state index contributed by atoms with van der Waals surface area (Å²) in [4.78, 5) is 4.57. The molecule has 1 aromatic rings. The predicted octanol–water partition coefficient (Wildman–Crippen LogP) is 2.15. The summed E-state index contributed by atoms with van der Waals surface area (Å²) >= 11 is 0. The number of aromatic nitrogens is 2. The topological polar surface area (TPSA) is 29.9 Å². The van der Waals surface area contributed by atoms with Gasteiger partial charge in [-0.3, -0.25) is 0 Å². The van der Waals surface area contributed by atoms with Crippen LogP contribution in [0.3, 0.4) is 0 Å². The van der Waals surface area contributed by atoms with Gasteiger partial charge < -0.3 is 9.88 Å². The van der Waals surface area contributed by atoms with E-state index in [1.807, 2.05) is 6.20 Å². The van der Waals surface area contributed by atoms with Gasteiger partial charge in [-0.15, -0.1) is 0 Å². The third-order valence-electron chi connectivity index (χ3n) is 4.09. The van der Waals surface area contributed by atoms with Gasteiger partial charge in [-0.05, 0) is 38.1 Å². The normalized spacial score (nSPS) is 26.6. The van der Waals surface area contributed by atoms with Crippen molar-refractivity contribution in [1.29, 1.82) is 0 Å². The van der Waals surface area contributed by atoms with Crippen LogP contribution in [0.15, 0.2) is 12.4 Å². The van der Waals surface area contributed by atoms with E-state index in [4.69, 9.17) is 0 Å². The van der Waals surface area contributed by atoms with Crippen molar-refractivity contribution in [2.75, 3.05) is 13.1 Å². The van der Waals surface area contributed by atoms with E-state index in [1.165, 1.54) is 51.0 Å². The summed E-state index contributed by atoms with van der Waals surface area (Å²) in [5.74, 6) is 2.88. The van der Waals surface area contributed by atoms with Crippen LogP contribution in [0.25, 0.3) is 0 Å². The van der Waals surface area contributed by atoms with E-state index in [2.05, 4.69) is 21.1 Å². The van der Waals surface area contributed by atoms with Gasteiger partial charge in [-0.1, -0.05) is 6.42 Å². The Balaban J connectivity index is 1.70. The third kappa shape index (κ3) is 2.01. The van der Waals surface area contributed by atoms with Crippen molar-refractivity contribution in [3.8, 4) is 0 Å². The molecule has 1 saturated carbocycles. The minimum absolute atomic E-state index is 0.642. The number of nitrogens with zero attached hydrogens (tertiary/aromatic N) is 2. The van der Waals surface area contributed by atoms with Crippen LogP contribution in [0, 0.1) is 5.92 Å². The highest BCUT2D eigenvalue weighted by Crippen LogP contribution is 2.29. The molecule has 3 rings (SSSR count). The average molecular weight is 219 g/mol. The second-order valence-corrected chi connectivity index (χ2v) is 5.28. The molecule has 1 aliphatic heterocycles. The lowest BCUT2D eigenvalue weighted by molar-refractivity contribution is 0.270. The quantitative estimate of drug-likeness (QED) is 0.844. The molecule has 0 aromatic carbocycles. The largest absolute Gasteiger partial charge is 0.334 e. The Morgan fingerprint density at radius 2 is 2.25 bits per heavy atom. The summed E-state index contributed by atoms with van der Waals surface area (Å²) in [7, 11) is 0. The molecular weight excluding hydrogens is 198 g/mol. The fourth-order valence-corrected chi connectivity index (χ4v) is 2.86. The Morgan fingerprint density at radius 3 is 2.94 bits per heavy atom. The predicted molar refractivity (Wildman–Crippen MR) is 64.4 cm³/mol. The first-order chi connectivity index (χ1) is 7.93. The van der Waals surface area contributed by atoms with E-state index in [1.54, 1.807) is 0 Å². The molecule has 3 nitrogen and oxygen atoms in total. The van der Waals surface area contributed by atoms with Gasteiger partial charge in [0.15, 0.2) is 0 Å². The van der Waals surface area contributed by atoms with E-state index in [0.717, 1.165) is 12.5 Å². The van der Waals surface area contributed by atoms with Gasteiger partial charge in [0.05, 0.1) is 0 Å². The minimum atomic E-state index is 0.642. The molecule has 0 bridgehead atoms. The second kappa shape index (κ2) is 4.58. The van der Waals surface area contributed by atoms with E-state index in [9.17, 15) is 0 Å². The number of hydrogen-bond acceptors (Lipinski definition) is 2. The van der Waals surface area contributed by atoms with Crippen LogP contribution >= 0.6 is 0 Å². The van der Waals surface area contributed by atoms with Crippen LogP contribution in [0.5, 0.6) is 0 Å². The molecule has 0 unspecified atom stereocenters. The van der Waals surface area contributed by atoms with E-state index in [-0.39, 0.29) is 0 Å². The van der Waals surface area contributed by atoms with Gasteiger partial charge in [0.1, 0.15) is 5.82 Å². The number of nitrogens with one attached hydrogen (secondary N) is 1. The molecule has 1 saturated heterocycles. The molecule has 16 heavy (non-hydrogen) atoms. The lowest BCUT2D eigenvalue weighted by Crippen LogP contribution is -2.30. The molecule has 1 N–H and O–H groups in total. The smallest absolute Gasteiger partial charge is 0.113 e. The van der Waals surface area contributed by atoms with E-state index in [0.29, 0.717) is 5.92 Å². The van der Waals surface area contributed by atoms with Crippen molar-refractivity contribution in [3.05, 3.63) is 18.2 Å². The maximum absolute atomic E-state index is 4.57. The number of imidazole rings is 1. The molecule has 0 amide bonds. The average Bonchev–Trinajstić information content (AvgIpc) is 2.73. The zero-order valence-corrected chi connectivity index (χ0v) is 9.86. The highest BCUT2D eigenvalue weighted by atomic mass is 15.1. The molecule has 88 valence electrons. The third-order valence-corrected chi connectivity index (χ3v) is 4.09. The maximum Gasteiger partial charge on any atom is 0.113 e. The SMILES string of the molecule is c1cn(CC2CCC2)c([C@@H]2CCCNC2)n1. The summed E-state index contributed by atoms with van der Waals surface area (Å²) in [5, 5.41) is 3.48. The Labute approximate surface area is 97.3 Å². The van der Waals surface area contributed by atoms with Crippen molar-refractivity contribution in [2.24, 2.45) is 5.92 Å². The van der Waals surface area contributed by atoms with Crippen molar-refractivity contribution >= 4 is 0 Å². The van der Waals surface area contributed by atoms with Gasteiger partial charge in [0.2, 0.25) is 0 Å². The second-order valence-electron chi connectivity index (χ2n) is 5.28. The Bertz CT molecular complexity index is 335. The summed E-state index contributed by atoms with van der Waals surface area (Å²) in [6.07, 6.45) is 11.0. The molecule has 2 aliphatic rings. The summed E-state index contributed by atoms with van der Waals surface area (Å²) in [6, 6.07) is 0. The summed E-state index contributed by atoms with van der Waals surface area (Å²) in [5.41, 5.74) is 0. The molecule has 1 aromatic heterocycles. The van der Waals surface area contributed by atoms with Gasteiger partial charge in [-0.2, -0.15) is 0 Å². The molecule has 2 heterocycles. The van der Waals surface area contributed by atoms with Crippen LogP contribution in [0.1, 0.15) is 43.8 Å². The highest BCUT2D eigenvalue weighted by Gasteiger charge is 2.23. The van der Waals surface area contributed by atoms with Crippen molar-refractivity contribution in [3.63, 3.8) is 0 Å². The van der Waals surface area contributed by atoms with Crippen molar-refractivity contribution < 1.29 is 0 Å². The fourth-order valence-electron chi connectivity index (χ4n) is 2.86. The first-order valence-corrected chi connectivity index (χ1v) is 6.65. The van der Waals surface area contributed by atoms with Crippen LogP contribution < -0.4 is 5.32 Å². The number of rotatable bonds is 3. The van der Waals surface area contributed by atoms with Gasteiger partial charge >= 0.3 is 0 Å². The van der Waals surface area contributed by atoms with Crippen LogP contribution in [-0.4, -0.2) is 22.6 Å². The van der Waals surface area contributed by atoms with Crippen LogP contribution in [0.2, 0.25) is 0 Å². The minimum Gasteiger partial charge on any atom is -0.334 e. The zero-order valence-electron chi connectivity index (χ0n) is 9.86. The van der Waals surface area contributed by atoms with Gasteiger partial charge in [0, 0.05) is 31.4 Å². The summed E-state index contributed by atoms with van der Waals surface area (Å²) in [6.45, 7) is 3.49. The summed E-state index contributed by atoms with van der Waals surface area (Å²) < 4.78 is 2.40. The van der Waals surface area contributed by atoms with Gasteiger partial charge in [0.25, 0.3) is 0 Å². The Kier molecular flexibility index (Phi) is 2.96. The maximum atomic E-state index is 4.57. The van der Waals surface area contributed by atoms with E-state index < -0.39 is 0 Å². The molecule has 1 aliphatic carbocycles. The van der Waals surface area contributed by atoms with Crippen LogP contribution in [0.4, 0.5) is 0 Å². The number of hydrogen-bond donors (Lipinski definition) is 1. The van der Waals surface area contributed by atoms with Gasteiger partial charge in [-0.25, -0.2) is 4.98 Å². The first kappa shape index (κ1) is 10.3. The monoisotopic (exact) mass is 219 g/mol. The lowest BCUT2D eigenvalue weighted by atomic mass is 9.85. The van der Waals surface area contributed by atoms with Crippen molar-refractivity contribution in [2.45, 2.75) is 44.6 Å². The standard InChI is InChI=1S/C13H21N3/c1-3-11(4-1)10-16-8-7-15-13(16)12-5-2-6-14-9-12/h7-8,11-12,14H,1-6,9-10H2/t12-/m1/s1. The molecule has 1 atom stereocenters. The van der Waals surface area contributed by atoms with Crippen molar-refractivity contribution in [1.82, 2.24) is 14.9 Å². The first-order valence-electron chi connectivity index (χ1n) is 6.65.